The lowest BCUT2D eigenvalue weighted by atomic mass is 10.2. The van der Waals surface area contributed by atoms with E-state index in [0.29, 0.717) is 5.75 Å². The number of rotatable bonds is 9. The molecule has 0 fully saturated rings. The fourth-order valence-electron chi connectivity index (χ4n) is 2.38. The molecule has 25 heavy (non-hydrogen) atoms. The molecular formula is C18H25N3O3S. The fourth-order valence-corrected chi connectivity index (χ4v) is 3.47. The molecule has 0 bridgehead atoms. The van der Waals surface area contributed by atoms with Crippen molar-refractivity contribution in [1.82, 2.24) is 4.98 Å². The van der Waals surface area contributed by atoms with Gasteiger partial charge in [0.15, 0.2) is 0 Å². The number of methoxy groups -OCH3 is 1. The largest absolute Gasteiger partial charge is 0.496 e. The van der Waals surface area contributed by atoms with Crippen LogP contribution in [0.1, 0.15) is 31.7 Å². The van der Waals surface area contributed by atoms with Crippen LogP contribution in [0.2, 0.25) is 0 Å². The molecule has 0 aliphatic carbocycles. The maximum atomic E-state index is 12.5. The lowest BCUT2D eigenvalue weighted by Gasteiger charge is -2.11. The monoisotopic (exact) mass is 363 g/mol. The van der Waals surface area contributed by atoms with Gasteiger partial charge in [-0.05, 0) is 49.2 Å². The molecule has 7 heteroatoms. The van der Waals surface area contributed by atoms with Gasteiger partial charge in [0.2, 0.25) is 0 Å². The zero-order valence-corrected chi connectivity index (χ0v) is 15.7. The van der Waals surface area contributed by atoms with Gasteiger partial charge >= 0.3 is 0 Å². The first-order valence-electron chi connectivity index (χ1n) is 8.33. The van der Waals surface area contributed by atoms with Gasteiger partial charge in [0.25, 0.3) is 10.0 Å². The number of unbranched alkanes of at least 4 members (excludes halogenated alkanes) is 2. The van der Waals surface area contributed by atoms with E-state index in [4.69, 9.17) is 4.74 Å². The highest BCUT2D eigenvalue weighted by Crippen LogP contribution is 2.23. The third-order valence-corrected chi connectivity index (χ3v) is 5.14. The standard InChI is InChI=1S/C18H25N3O3S/c1-4-5-6-11-19-15-7-10-18(20-13-15)21-25(22,23)16-8-9-17(24-3)14(2)12-16/h7-10,12-13,19H,4-6,11H2,1-3H3,(H,20,21). The first-order valence-corrected chi connectivity index (χ1v) is 9.82. The highest BCUT2D eigenvalue weighted by molar-refractivity contribution is 7.92. The van der Waals surface area contributed by atoms with Crippen LogP contribution >= 0.6 is 0 Å². The Morgan fingerprint density at radius 2 is 1.96 bits per heavy atom. The highest BCUT2D eigenvalue weighted by Gasteiger charge is 2.16. The minimum Gasteiger partial charge on any atom is -0.496 e. The molecule has 1 heterocycles. The number of anilines is 2. The Balaban J connectivity index is 2.04. The van der Waals surface area contributed by atoms with Gasteiger partial charge in [0.05, 0.1) is 23.9 Å². The topological polar surface area (TPSA) is 80.3 Å². The molecule has 0 spiro atoms. The average molecular weight is 363 g/mol. The minimum absolute atomic E-state index is 0.175. The third kappa shape index (κ3) is 5.35. The molecule has 0 aliphatic heterocycles. The van der Waals surface area contributed by atoms with Gasteiger partial charge in [-0.15, -0.1) is 0 Å². The number of nitrogens with zero attached hydrogens (tertiary/aromatic N) is 1. The molecule has 2 rings (SSSR count). The van der Waals surface area contributed by atoms with Gasteiger partial charge in [-0.1, -0.05) is 19.8 Å². The Morgan fingerprint density at radius 1 is 1.16 bits per heavy atom. The molecule has 0 saturated carbocycles. The zero-order valence-electron chi connectivity index (χ0n) is 14.9. The van der Waals surface area contributed by atoms with Gasteiger partial charge in [-0.2, -0.15) is 0 Å². The number of aryl methyl sites for hydroxylation is 1. The molecule has 6 nitrogen and oxygen atoms in total. The molecule has 0 aliphatic rings. The van der Waals surface area contributed by atoms with Crippen molar-refractivity contribution in [2.45, 2.75) is 38.0 Å². The Kier molecular flexibility index (Phi) is 6.64. The first-order chi connectivity index (χ1) is 12.0. The van der Waals surface area contributed by atoms with Crippen molar-refractivity contribution < 1.29 is 13.2 Å². The number of nitrogens with one attached hydrogen (secondary N) is 2. The smallest absolute Gasteiger partial charge is 0.263 e. The van der Waals surface area contributed by atoms with Gasteiger partial charge in [-0.25, -0.2) is 13.4 Å². The minimum atomic E-state index is -3.69. The van der Waals surface area contributed by atoms with Crippen LogP contribution in [0.15, 0.2) is 41.4 Å². The summed E-state index contributed by atoms with van der Waals surface area (Å²) in [5.41, 5.74) is 1.63. The van der Waals surface area contributed by atoms with E-state index < -0.39 is 10.0 Å². The molecule has 0 unspecified atom stereocenters. The number of pyridine rings is 1. The van der Waals surface area contributed by atoms with Crippen LogP contribution in [0.5, 0.6) is 5.75 Å². The summed E-state index contributed by atoms with van der Waals surface area (Å²) in [6.07, 6.45) is 5.08. The maximum Gasteiger partial charge on any atom is 0.263 e. The highest BCUT2D eigenvalue weighted by atomic mass is 32.2. The Morgan fingerprint density at radius 3 is 2.56 bits per heavy atom. The molecule has 2 N–H and O–H groups in total. The van der Waals surface area contributed by atoms with E-state index in [1.54, 1.807) is 38.4 Å². The molecule has 0 atom stereocenters. The molecule has 0 amide bonds. The summed E-state index contributed by atoms with van der Waals surface area (Å²) < 4.78 is 32.6. The van der Waals surface area contributed by atoms with Crippen molar-refractivity contribution >= 4 is 21.5 Å². The number of aromatic nitrogens is 1. The third-order valence-electron chi connectivity index (χ3n) is 3.79. The zero-order chi connectivity index (χ0) is 18.3. The summed E-state index contributed by atoms with van der Waals surface area (Å²) in [5.74, 6) is 0.933. The first kappa shape index (κ1) is 19.1. The summed E-state index contributed by atoms with van der Waals surface area (Å²) in [6.45, 7) is 4.84. The Hall–Kier alpha value is -2.28. The summed E-state index contributed by atoms with van der Waals surface area (Å²) in [7, 11) is -2.13. The average Bonchev–Trinajstić information content (AvgIpc) is 2.60. The van der Waals surface area contributed by atoms with Crippen LogP contribution in [0.4, 0.5) is 11.5 Å². The second-order valence-electron chi connectivity index (χ2n) is 5.80. The summed E-state index contributed by atoms with van der Waals surface area (Å²) in [5, 5.41) is 3.27. The summed E-state index contributed by atoms with van der Waals surface area (Å²) in [4.78, 5) is 4.34. The Labute approximate surface area is 149 Å². The lowest BCUT2D eigenvalue weighted by molar-refractivity contribution is 0.411. The van der Waals surface area contributed by atoms with Crippen LogP contribution in [0.25, 0.3) is 0 Å². The Bertz CT molecular complexity index is 790. The van der Waals surface area contributed by atoms with E-state index in [1.807, 2.05) is 6.07 Å². The van der Waals surface area contributed by atoms with Crippen LogP contribution in [0, 0.1) is 6.92 Å². The predicted molar refractivity (Wildman–Crippen MR) is 101 cm³/mol. The number of hydrogen-bond acceptors (Lipinski definition) is 5. The number of ether oxygens (including phenoxy) is 1. The second kappa shape index (κ2) is 8.71. The number of hydrogen-bond donors (Lipinski definition) is 2. The van der Waals surface area contributed by atoms with E-state index >= 15 is 0 Å². The lowest BCUT2D eigenvalue weighted by Crippen LogP contribution is -2.14. The van der Waals surface area contributed by atoms with Crippen LogP contribution < -0.4 is 14.8 Å². The van der Waals surface area contributed by atoms with E-state index in [-0.39, 0.29) is 10.7 Å². The SMILES string of the molecule is CCCCCNc1ccc(NS(=O)(=O)c2ccc(OC)c(C)c2)nc1. The van der Waals surface area contributed by atoms with E-state index in [9.17, 15) is 8.42 Å². The summed E-state index contributed by atoms with van der Waals surface area (Å²) >= 11 is 0. The number of sulfonamides is 1. The van der Waals surface area contributed by atoms with E-state index in [0.717, 1.165) is 24.2 Å². The fraction of sp³-hybridized carbons (Fsp3) is 0.389. The maximum absolute atomic E-state index is 12.5. The van der Waals surface area contributed by atoms with Crippen LogP contribution in [0.3, 0.4) is 0 Å². The quantitative estimate of drug-likeness (QED) is 0.662. The second-order valence-corrected chi connectivity index (χ2v) is 7.49. The molecule has 0 saturated heterocycles. The van der Waals surface area contributed by atoms with Crippen molar-refractivity contribution in [2.75, 3.05) is 23.7 Å². The van der Waals surface area contributed by atoms with Crippen molar-refractivity contribution in [2.24, 2.45) is 0 Å². The van der Waals surface area contributed by atoms with Gasteiger partial charge in [0, 0.05) is 6.54 Å². The molecular weight excluding hydrogens is 338 g/mol. The van der Waals surface area contributed by atoms with Crippen molar-refractivity contribution in [3.8, 4) is 5.75 Å². The summed E-state index contributed by atoms with van der Waals surface area (Å²) in [6, 6.07) is 8.19. The molecule has 2 aromatic rings. The predicted octanol–water partition coefficient (Wildman–Crippen LogP) is 3.80. The molecule has 136 valence electrons. The van der Waals surface area contributed by atoms with Crippen LogP contribution in [-0.4, -0.2) is 27.1 Å². The number of benzene rings is 1. The van der Waals surface area contributed by atoms with Gasteiger partial charge < -0.3 is 10.1 Å². The van der Waals surface area contributed by atoms with Crippen molar-refractivity contribution in [3.63, 3.8) is 0 Å². The van der Waals surface area contributed by atoms with E-state index in [1.165, 1.54) is 18.9 Å². The molecule has 1 aromatic carbocycles. The van der Waals surface area contributed by atoms with Gasteiger partial charge in [-0.3, -0.25) is 4.72 Å². The van der Waals surface area contributed by atoms with Crippen molar-refractivity contribution in [3.05, 3.63) is 42.1 Å². The van der Waals surface area contributed by atoms with Crippen LogP contribution in [-0.2, 0) is 10.0 Å². The molecule has 0 radical (unpaired) electrons. The normalized spacial score (nSPS) is 11.2. The van der Waals surface area contributed by atoms with Gasteiger partial charge in [0.1, 0.15) is 11.6 Å². The van der Waals surface area contributed by atoms with E-state index in [2.05, 4.69) is 21.9 Å². The van der Waals surface area contributed by atoms with Crippen molar-refractivity contribution in [1.29, 1.82) is 0 Å². The molecule has 1 aromatic heterocycles.